The molecule has 0 amide bonds. The minimum absolute atomic E-state index is 0.0515. The number of benzene rings is 1. The predicted molar refractivity (Wildman–Crippen MR) is 85.7 cm³/mol. The summed E-state index contributed by atoms with van der Waals surface area (Å²) in [5, 5.41) is 0. The lowest BCUT2D eigenvalue weighted by Crippen LogP contribution is -2.25. The first-order valence-electron chi connectivity index (χ1n) is 7.89. The van der Waals surface area contributed by atoms with Crippen LogP contribution in [0.2, 0.25) is 0 Å². The molecule has 2 rings (SSSR count). The lowest BCUT2D eigenvalue weighted by atomic mass is 9.85. The van der Waals surface area contributed by atoms with Crippen LogP contribution in [0, 0.1) is 5.92 Å². The Hall–Kier alpha value is -1.55. The van der Waals surface area contributed by atoms with Crippen molar-refractivity contribution in [2.45, 2.75) is 38.5 Å². The van der Waals surface area contributed by atoms with Crippen LogP contribution in [0.15, 0.2) is 18.2 Å². The minimum Gasteiger partial charge on any atom is -0.493 e. The molecule has 0 aliphatic heterocycles. The average molecular weight is 306 g/mol. The predicted octanol–water partition coefficient (Wildman–Crippen LogP) is 3.37. The standard InChI is InChI=1S/C18H26O4/c1-13(2)17(19)18(8-9-18)14-6-7-15(21-4)16(12-14)22-11-5-10-20-3/h6-7,12-13H,5,8-11H2,1-4H3. The van der Waals surface area contributed by atoms with Crippen LogP contribution in [0.25, 0.3) is 0 Å². The Balaban J connectivity index is 2.18. The maximum atomic E-state index is 12.5. The largest absolute Gasteiger partial charge is 0.493 e. The number of rotatable bonds is 9. The van der Waals surface area contributed by atoms with Gasteiger partial charge in [0.15, 0.2) is 11.5 Å². The van der Waals surface area contributed by atoms with Crippen LogP contribution in [-0.2, 0) is 14.9 Å². The zero-order chi connectivity index (χ0) is 16.2. The molecule has 0 unspecified atom stereocenters. The Kier molecular flexibility index (Phi) is 5.46. The van der Waals surface area contributed by atoms with Gasteiger partial charge >= 0.3 is 0 Å². The monoisotopic (exact) mass is 306 g/mol. The van der Waals surface area contributed by atoms with Gasteiger partial charge in [-0.15, -0.1) is 0 Å². The van der Waals surface area contributed by atoms with E-state index in [4.69, 9.17) is 14.2 Å². The van der Waals surface area contributed by atoms with Gasteiger partial charge in [0.2, 0.25) is 0 Å². The van der Waals surface area contributed by atoms with Crippen molar-refractivity contribution in [3.63, 3.8) is 0 Å². The van der Waals surface area contributed by atoms with Crippen LogP contribution in [-0.4, -0.2) is 33.2 Å². The molecule has 0 N–H and O–H groups in total. The number of ketones is 1. The quantitative estimate of drug-likeness (QED) is 0.656. The summed E-state index contributed by atoms with van der Waals surface area (Å²) >= 11 is 0. The van der Waals surface area contributed by atoms with Crippen molar-refractivity contribution in [2.75, 3.05) is 27.4 Å². The Morgan fingerprint density at radius 3 is 2.45 bits per heavy atom. The highest BCUT2D eigenvalue weighted by Crippen LogP contribution is 2.51. The molecule has 1 saturated carbocycles. The van der Waals surface area contributed by atoms with Gasteiger partial charge in [-0.1, -0.05) is 19.9 Å². The third-order valence-electron chi connectivity index (χ3n) is 4.21. The Bertz CT molecular complexity index is 518. The first kappa shape index (κ1) is 16.8. The van der Waals surface area contributed by atoms with Crippen molar-refractivity contribution in [1.82, 2.24) is 0 Å². The van der Waals surface area contributed by atoms with Crippen molar-refractivity contribution in [3.8, 4) is 11.5 Å². The zero-order valence-electron chi connectivity index (χ0n) is 14.0. The Labute approximate surface area is 132 Å². The fourth-order valence-electron chi connectivity index (χ4n) is 2.83. The van der Waals surface area contributed by atoms with E-state index in [1.54, 1.807) is 14.2 Å². The smallest absolute Gasteiger partial charge is 0.161 e. The highest BCUT2D eigenvalue weighted by Gasteiger charge is 2.51. The van der Waals surface area contributed by atoms with Crippen molar-refractivity contribution in [2.24, 2.45) is 5.92 Å². The van der Waals surface area contributed by atoms with Crippen LogP contribution < -0.4 is 9.47 Å². The second kappa shape index (κ2) is 7.14. The Morgan fingerprint density at radius 1 is 1.18 bits per heavy atom. The van der Waals surface area contributed by atoms with Crippen molar-refractivity contribution < 1.29 is 19.0 Å². The normalized spacial score (nSPS) is 15.7. The molecular weight excluding hydrogens is 280 g/mol. The topological polar surface area (TPSA) is 44.8 Å². The summed E-state index contributed by atoms with van der Waals surface area (Å²) < 4.78 is 16.2. The molecule has 4 nitrogen and oxygen atoms in total. The maximum absolute atomic E-state index is 12.5. The van der Waals surface area contributed by atoms with E-state index in [2.05, 4.69) is 0 Å². The summed E-state index contributed by atoms with van der Waals surface area (Å²) in [5.41, 5.74) is 0.749. The number of hydrogen-bond acceptors (Lipinski definition) is 4. The molecule has 0 aromatic heterocycles. The highest BCUT2D eigenvalue weighted by molar-refractivity contribution is 5.94. The molecule has 0 heterocycles. The molecule has 0 radical (unpaired) electrons. The van der Waals surface area contributed by atoms with E-state index in [9.17, 15) is 4.79 Å². The summed E-state index contributed by atoms with van der Waals surface area (Å²) in [7, 11) is 3.30. The lowest BCUT2D eigenvalue weighted by molar-refractivity contribution is -0.124. The number of carbonyl (C=O) groups is 1. The minimum atomic E-state index is -0.301. The summed E-state index contributed by atoms with van der Waals surface area (Å²) in [5.74, 6) is 1.78. The van der Waals surface area contributed by atoms with E-state index in [0.717, 1.165) is 24.8 Å². The van der Waals surface area contributed by atoms with Gasteiger partial charge < -0.3 is 14.2 Å². The third-order valence-corrected chi connectivity index (χ3v) is 4.21. The first-order valence-corrected chi connectivity index (χ1v) is 7.89. The average Bonchev–Trinajstić information content (AvgIpc) is 3.32. The van der Waals surface area contributed by atoms with E-state index in [1.165, 1.54) is 0 Å². The van der Waals surface area contributed by atoms with Gasteiger partial charge in [-0.05, 0) is 30.5 Å². The molecule has 122 valence electrons. The molecule has 0 saturated heterocycles. The zero-order valence-corrected chi connectivity index (χ0v) is 14.0. The number of hydrogen-bond donors (Lipinski definition) is 0. The van der Waals surface area contributed by atoms with Crippen molar-refractivity contribution >= 4 is 5.78 Å². The SMILES string of the molecule is COCCCOc1cc(C2(C(=O)C(C)C)CC2)ccc1OC. The van der Waals surface area contributed by atoms with Crippen molar-refractivity contribution in [3.05, 3.63) is 23.8 Å². The van der Waals surface area contributed by atoms with E-state index >= 15 is 0 Å². The fourth-order valence-corrected chi connectivity index (χ4v) is 2.83. The summed E-state index contributed by atoms with van der Waals surface area (Å²) in [4.78, 5) is 12.5. The molecule has 1 aliphatic carbocycles. The molecule has 22 heavy (non-hydrogen) atoms. The van der Waals surface area contributed by atoms with E-state index < -0.39 is 0 Å². The number of Topliss-reactive ketones (excluding diaryl/α,β-unsaturated/α-hetero) is 1. The van der Waals surface area contributed by atoms with Gasteiger partial charge in [0.1, 0.15) is 5.78 Å². The van der Waals surface area contributed by atoms with Crippen molar-refractivity contribution in [1.29, 1.82) is 0 Å². The van der Waals surface area contributed by atoms with Crippen LogP contribution in [0.1, 0.15) is 38.7 Å². The molecular formula is C18H26O4. The summed E-state index contributed by atoms with van der Waals surface area (Å²) in [6.45, 7) is 5.17. The van der Waals surface area contributed by atoms with Gasteiger partial charge in [0.25, 0.3) is 0 Å². The molecule has 0 bridgehead atoms. The van der Waals surface area contributed by atoms with E-state index in [-0.39, 0.29) is 11.3 Å². The molecule has 0 atom stereocenters. The van der Waals surface area contributed by atoms with Gasteiger partial charge in [0, 0.05) is 26.1 Å². The Morgan fingerprint density at radius 2 is 1.91 bits per heavy atom. The van der Waals surface area contributed by atoms with Crippen LogP contribution >= 0.6 is 0 Å². The second-order valence-electron chi connectivity index (χ2n) is 6.16. The molecule has 0 spiro atoms. The van der Waals surface area contributed by atoms with Gasteiger partial charge in [-0.25, -0.2) is 0 Å². The van der Waals surface area contributed by atoms with Crippen LogP contribution in [0.4, 0.5) is 0 Å². The molecule has 1 aromatic carbocycles. The first-order chi connectivity index (χ1) is 10.5. The number of carbonyl (C=O) groups excluding carboxylic acids is 1. The second-order valence-corrected chi connectivity index (χ2v) is 6.16. The number of methoxy groups -OCH3 is 2. The fraction of sp³-hybridized carbons (Fsp3) is 0.611. The lowest BCUT2D eigenvalue weighted by Gasteiger charge is -2.19. The van der Waals surface area contributed by atoms with E-state index in [0.29, 0.717) is 30.5 Å². The van der Waals surface area contributed by atoms with Gasteiger partial charge in [0.05, 0.1) is 19.1 Å². The molecule has 1 fully saturated rings. The van der Waals surface area contributed by atoms with Crippen LogP contribution in [0.3, 0.4) is 0 Å². The number of ether oxygens (including phenoxy) is 3. The molecule has 1 aromatic rings. The summed E-state index contributed by atoms with van der Waals surface area (Å²) in [6.07, 6.45) is 2.68. The van der Waals surface area contributed by atoms with Crippen LogP contribution in [0.5, 0.6) is 11.5 Å². The van der Waals surface area contributed by atoms with Gasteiger partial charge in [-0.2, -0.15) is 0 Å². The summed E-state index contributed by atoms with van der Waals surface area (Å²) in [6, 6.07) is 5.86. The molecule has 1 aliphatic rings. The van der Waals surface area contributed by atoms with E-state index in [1.807, 2.05) is 32.0 Å². The molecule has 4 heteroatoms. The maximum Gasteiger partial charge on any atom is 0.161 e. The van der Waals surface area contributed by atoms with Gasteiger partial charge in [-0.3, -0.25) is 4.79 Å². The highest BCUT2D eigenvalue weighted by atomic mass is 16.5. The third kappa shape index (κ3) is 3.43.